The van der Waals surface area contributed by atoms with Gasteiger partial charge in [0.1, 0.15) is 0 Å². The zero-order valence-electron chi connectivity index (χ0n) is 14.3. The molecule has 2 aromatic heterocycles. The van der Waals surface area contributed by atoms with E-state index in [1.54, 1.807) is 0 Å². The number of amides is 1. The van der Waals surface area contributed by atoms with Gasteiger partial charge in [-0.1, -0.05) is 12.1 Å². The SMILES string of the molecule is CCc1[nH]nc(C(=O)N2CCCC(Cn3cc(CN)nn3)C2)c1C. The first-order chi connectivity index (χ1) is 11.6. The maximum absolute atomic E-state index is 12.8. The quantitative estimate of drug-likeness (QED) is 0.846. The summed E-state index contributed by atoms with van der Waals surface area (Å²) in [6.07, 6.45) is 4.82. The van der Waals surface area contributed by atoms with Crippen LogP contribution in [-0.2, 0) is 19.5 Å². The number of aromatic amines is 1. The van der Waals surface area contributed by atoms with Crippen LogP contribution in [-0.4, -0.2) is 49.1 Å². The van der Waals surface area contributed by atoms with Gasteiger partial charge < -0.3 is 10.6 Å². The van der Waals surface area contributed by atoms with Gasteiger partial charge in [0.25, 0.3) is 5.91 Å². The summed E-state index contributed by atoms with van der Waals surface area (Å²) in [5.41, 5.74) is 8.91. The molecule has 0 aromatic carbocycles. The Bertz CT molecular complexity index is 705. The third-order valence-corrected chi connectivity index (χ3v) is 4.71. The molecule has 3 heterocycles. The lowest BCUT2D eigenvalue weighted by Gasteiger charge is -2.32. The summed E-state index contributed by atoms with van der Waals surface area (Å²) < 4.78 is 1.83. The van der Waals surface area contributed by atoms with E-state index in [1.165, 1.54) is 0 Å². The lowest BCUT2D eigenvalue weighted by atomic mass is 9.97. The molecule has 3 rings (SSSR count). The Morgan fingerprint density at radius 3 is 3.00 bits per heavy atom. The number of nitrogens with zero attached hydrogens (tertiary/aromatic N) is 5. The van der Waals surface area contributed by atoms with Crippen LogP contribution in [0.2, 0.25) is 0 Å². The molecule has 130 valence electrons. The number of rotatable bonds is 5. The third-order valence-electron chi connectivity index (χ3n) is 4.71. The summed E-state index contributed by atoms with van der Waals surface area (Å²) in [7, 11) is 0. The molecule has 0 spiro atoms. The maximum atomic E-state index is 12.8. The number of aromatic nitrogens is 5. The molecule has 0 aliphatic carbocycles. The predicted molar refractivity (Wildman–Crippen MR) is 89.2 cm³/mol. The summed E-state index contributed by atoms with van der Waals surface area (Å²) in [6, 6.07) is 0. The Morgan fingerprint density at radius 1 is 1.50 bits per heavy atom. The molecule has 1 unspecified atom stereocenters. The van der Waals surface area contributed by atoms with Crippen LogP contribution in [0.3, 0.4) is 0 Å². The van der Waals surface area contributed by atoms with E-state index < -0.39 is 0 Å². The first-order valence-electron chi connectivity index (χ1n) is 8.54. The lowest BCUT2D eigenvalue weighted by molar-refractivity contribution is 0.0652. The van der Waals surface area contributed by atoms with E-state index in [2.05, 4.69) is 27.4 Å². The van der Waals surface area contributed by atoms with Crippen molar-refractivity contribution in [3.63, 3.8) is 0 Å². The summed E-state index contributed by atoms with van der Waals surface area (Å²) in [5.74, 6) is 0.398. The molecule has 24 heavy (non-hydrogen) atoms. The van der Waals surface area contributed by atoms with Gasteiger partial charge in [0.15, 0.2) is 5.69 Å². The van der Waals surface area contributed by atoms with Crippen LogP contribution in [0.1, 0.15) is 47.2 Å². The van der Waals surface area contributed by atoms with Crippen LogP contribution in [0.5, 0.6) is 0 Å². The number of nitrogens with two attached hydrogens (primary N) is 1. The molecule has 1 atom stereocenters. The molecule has 1 amide bonds. The molecule has 1 fully saturated rings. The van der Waals surface area contributed by atoms with Crippen molar-refractivity contribution in [3.05, 3.63) is 28.8 Å². The van der Waals surface area contributed by atoms with Gasteiger partial charge >= 0.3 is 0 Å². The van der Waals surface area contributed by atoms with Crippen LogP contribution < -0.4 is 5.73 Å². The monoisotopic (exact) mass is 331 g/mol. The fourth-order valence-corrected chi connectivity index (χ4v) is 3.32. The summed E-state index contributed by atoms with van der Waals surface area (Å²) in [5, 5.41) is 15.3. The van der Waals surface area contributed by atoms with E-state index in [-0.39, 0.29) is 5.91 Å². The smallest absolute Gasteiger partial charge is 0.274 e. The van der Waals surface area contributed by atoms with E-state index >= 15 is 0 Å². The Labute approximate surface area is 141 Å². The molecular weight excluding hydrogens is 306 g/mol. The van der Waals surface area contributed by atoms with Crippen LogP contribution >= 0.6 is 0 Å². The molecule has 0 bridgehead atoms. The summed E-state index contributed by atoms with van der Waals surface area (Å²) in [6.45, 7) is 6.68. The zero-order chi connectivity index (χ0) is 17.1. The second-order valence-electron chi connectivity index (χ2n) is 6.42. The number of carbonyl (C=O) groups excluding carboxylic acids is 1. The largest absolute Gasteiger partial charge is 0.337 e. The highest BCUT2D eigenvalue weighted by Gasteiger charge is 2.27. The molecule has 8 heteroatoms. The zero-order valence-corrected chi connectivity index (χ0v) is 14.3. The van der Waals surface area contributed by atoms with Gasteiger partial charge in [0, 0.05) is 43.6 Å². The predicted octanol–water partition coefficient (Wildman–Crippen LogP) is 0.883. The van der Waals surface area contributed by atoms with Crippen molar-refractivity contribution >= 4 is 5.91 Å². The lowest BCUT2D eigenvalue weighted by Crippen LogP contribution is -2.41. The van der Waals surface area contributed by atoms with Gasteiger partial charge in [-0.2, -0.15) is 5.10 Å². The number of aryl methyl sites for hydroxylation is 1. The second-order valence-corrected chi connectivity index (χ2v) is 6.42. The summed E-state index contributed by atoms with van der Waals surface area (Å²) in [4.78, 5) is 14.7. The van der Waals surface area contributed by atoms with Crippen molar-refractivity contribution in [1.82, 2.24) is 30.1 Å². The van der Waals surface area contributed by atoms with Crippen LogP contribution in [0, 0.1) is 12.8 Å². The average molecular weight is 331 g/mol. The Kier molecular flexibility index (Phi) is 4.94. The molecule has 1 aliphatic rings. The maximum Gasteiger partial charge on any atom is 0.274 e. The molecule has 8 nitrogen and oxygen atoms in total. The minimum absolute atomic E-state index is 0.0226. The Hall–Kier alpha value is -2.22. The highest BCUT2D eigenvalue weighted by Crippen LogP contribution is 2.21. The molecule has 2 aromatic rings. The van der Waals surface area contributed by atoms with Crippen LogP contribution in [0.15, 0.2) is 6.20 Å². The van der Waals surface area contributed by atoms with Crippen molar-refractivity contribution in [3.8, 4) is 0 Å². The van der Waals surface area contributed by atoms with Crippen molar-refractivity contribution in [1.29, 1.82) is 0 Å². The number of carbonyl (C=O) groups is 1. The third kappa shape index (κ3) is 3.33. The first-order valence-corrected chi connectivity index (χ1v) is 8.54. The van der Waals surface area contributed by atoms with Gasteiger partial charge in [0.2, 0.25) is 0 Å². The number of piperidine rings is 1. The number of nitrogens with one attached hydrogen (secondary N) is 1. The minimum atomic E-state index is 0.0226. The molecule has 0 radical (unpaired) electrons. The number of hydrogen-bond acceptors (Lipinski definition) is 5. The fraction of sp³-hybridized carbons (Fsp3) is 0.625. The summed E-state index contributed by atoms with van der Waals surface area (Å²) >= 11 is 0. The van der Waals surface area contributed by atoms with Gasteiger partial charge in [0.05, 0.1) is 5.69 Å². The Morgan fingerprint density at radius 2 is 2.33 bits per heavy atom. The first kappa shape index (κ1) is 16.6. The second kappa shape index (κ2) is 7.12. The van der Waals surface area contributed by atoms with Crippen molar-refractivity contribution in [2.24, 2.45) is 11.7 Å². The van der Waals surface area contributed by atoms with E-state index in [1.807, 2.05) is 22.7 Å². The van der Waals surface area contributed by atoms with E-state index in [0.717, 1.165) is 55.8 Å². The van der Waals surface area contributed by atoms with Gasteiger partial charge in [-0.3, -0.25) is 14.6 Å². The topological polar surface area (TPSA) is 106 Å². The molecule has 3 N–H and O–H groups in total. The van der Waals surface area contributed by atoms with Crippen molar-refractivity contribution in [2.45, 2.75) is 46.2 Å². The van der Waals surface area contributed by atoms with Crippen molar-refractivity contribution < 1.29 is 4.79 Å². The highest BCUT2D eigenvalue weighted by atomic mass is 16.2. The van der Waals surface area contributed by atoms with E-state index in [4.69, 9.17) is 5.73 Å². The van der Waals surface area contributed by atoms with Crippen LogP contribution in [0.25, 0.3) is 0 Å². The van der Waals surface area contributed by atoms with Gasteiger partial charge in [-0.25, -0.2) is 0 Å². The Balaban J connectivity index is 1.66. The fourth-order valence-electron chi connectivity index (χ4n) is 3.32. The number of hydrogen-bond donors (Lipinski definition) is 2. The molecule has 1 aliphatic heterocycles. The number of likely N-dealkylation sites (tertiary alicyclic amines) is 1. The normalized spacial score (nSPS) is 18.1. The van der Waals surface area contributed by atoms with Gasteiger partial charge in [-0.15, -0.1) is 5.10 Å². The molecule has 1 saturated heterocycles. The van der Waals surface area contributed by atoms with Crippen molar-refractivity contribution in [2.75, 3.05) is 13.1 Å². The average Bonchev–Trinajstić information content (AvgIpc) is 3.20. The van der Waals surface area contributed by atoms with Gasteiger partial charge in [-0.05, 0) is 32.1 Å². The molecule has 0 saturated carbocycles. The minimum Gasteiger partial charge on any atom is -0.337 e. The number of H-pyrrole nitrogens is 1. The molecular formula is C16H25N7O. The standard InChI is InChI=1S/C16H25N7O/c1-3-14-11(2)15(20-19-14)16(24)22-6-4-5-12(8-22)9-23-10-13(7-17)18-21-23/h10,12H,3-9,17H2,1-2H3,(H,19,20). The van der Waals surface area contributed by atoms with E-state index in [0.29, 0.717) is 18.2 Å². The van der Waals surface area contributed by atoms with Crippen LogP contribution in [0.4, 0.5) is 0 Å². The van der Waals surface area contributed by atoms with E-state index in [9.17, 15) is 4.79 Å². The highest BCUT2D eigenvalue weighted by molar-refractivity contribution is 5.94.